The first kappa shape index (κ1) is 45.8. The van der Waals surface area contributed by atoms with E-state index in [1.807, 2.05) is 50.3 Å². The maximum absolute atomic E-state index is 15.0. The Morgan fingerprint density at radius 3 is 2.40 bits per heavy atom. The number of aromatic nitrogens is 1. The molecule has 3 aliphatic heterocycles. The highest BCUT2D eigenvalue weighted by Gasteiger charge is 2.63. The number of morpholine rings is 1. The molecule has 1 aromatic heterocycles. The first-order valence-electron chi connectivity index (χ1n) is 21.8. The highest BCUT2D eigenvalue weighted by atomic mass is 32.2. The van der Waals surface area contributed by atoms with E-state index in [0.29, 0.717) is 57.9 Å². The summed E-state index contributed by atoms with van der Waals surface area (Å²) < 4.78 is 87.4. The molecule has 4 fully saturated rings. The lowest BCUT2D eigenvalue weighted by Crippen LogP contribution is -2.49. The van der Waals surface area contributed by atoms with Crippen molar-refractivity contribution in [2.24, 2.45) is 29.1 Å². The predicted molar refractivity (Wildman–Crippen MR) is 225 cm³/mol. The van der Waals surface area contributed by atoms with E-state index in [2.05, 4.69) is 9.62 Å². The molecule has 0 spiro atoms. The van der Waals surface area contributed by atoms with E-state index in [-0.39, 0.29) is 44.0 Å². The zero-order valence-corrected chi connectivity index (χ0v) is 37.0. The van der Waals surface area contributed by atoms with Crippen LogP contribution in [0.5, 0.6) is 5.88 Å². The molecule has 0 unspecified atom stereocenters. The highest BCUT2D eigenvalue weighted by molar-refractivity contribution is 7.91. The van der Waals surface area contributed by atoms with Crippen molar-refractivity contribution in [1.82, 2.24) is 14.6 Å². The lowest BCUT2D eigenvalue weighted by Gasteiger charge is -2.34. The van der Waals surface area contributed by atoms with Crippen molar-refractivity contribution in [2.75, 3.05) is 44.4 Å². The van der Waals surface area contributed by atoms with Crippen LogP contribution in [0.15, 0.2) is 42.6 Å². The Labute approximate surface area is 361 Å². The molecule has 2 amide bonds. The van der Waals surface area contributed by atoms with Gasteiger partial charge in [0.1, 0.15) is 17.5 Å². The predicted octanol–water partition coefficient (Wildman–Crippen LogP) is 6.33. The Morgan fingerprint density at radius 1 is 1.05 bits per heavy atom. The van der Waals surface area contributed by atoms with Crippen molar-refractivity contribution in [2.45, 2.75) is 121 Å². The summed E-state index contributed by atoms with van der Waals surface area (Å²) in [5.41, 5.74) is -2.73. The van der Waals surface area contributed by atoms with Gasteiger partial charge < -0.3 is 24.0 Å². The van der Waals surface area contributed by atoms with E-state index in [1.54, 1.807) is 6.20 Å². The summed E-state index contributed by atoms with van der Waals surface area (Å²) in [5.74, 6) is -8.00. The first-order valence-corrected chi connectivity index (χ1v) is 23.3. The fourth-order valence-electron chi connectivity index (χ4n) is 9.29. The van der Waals surface area contributed by atoms with E-state index in [4.69, 9.17) is 19.2 Å². The molecule has 2 saturated carbocycles. The molecule has 1 aromatic carbocycles. The molecule has 7 atom stereocenters. The number of nitrogens with zero attached hydrogens (tertiary/aromatic N) is 3. The number of ether oxygens (including phenoxy) is 3. The Morgan fingerprint density at radius 2 is 1.74 bits per heavy atom. The van der Waals surface area contributed by atoms with Crippen molar-refractivity contribution in [1.29, 1.82) is 0 Å². The largest absolute Gasteiger partial charge is 0.472 e. The summed E-state index contributed by atoms with van der Waals surface area (Å²) in [5, 5.41) is 1.60. The van der Waals surface area contributed by atoms with Crippen molar-refractivity contribution in [3.05, 3.63) is 42.6 Å². The standard InChI is InChI=1S/C45H59F3N4O9S/c1-28-10-6-7-11-30-23-45(30,41(56)50-62(57,58)44(27-46)14-15-44)24-37(53)35-21-31(60-39-33-13-9-8-12-32(33)36(25-49-39)51-16-18-59-19-17-51)26-52(35)40(55)34(29(2)20-28)22-38(54)61-42(3,4)43(5,47)48/h7-9,11-13,25,28-31,34-35H,6,10,14-24,26-27H2,1-5H3,(H,50,56)/b11-7-/t28-,29+,30+,31+,34-,35-,45+/m0/s1. The van der Waals surface area contributed by atoms with Crippen LogP contribution in [0, 0.1) is 29.1 Å². The topological polar surface area (TPSA) is 162 Å². The average Bonchev–Trinajstić information content (AvgIpc) is 4.12. The van der Waals surface area contributed by atoms with Crippen molar-refractivity contribution in [3.8, 4) is 5.88 Å². The zero-order valence-electron chi connectivity index (χ0n) is 36.2. The number of nitrogens with one attached hydrogen (secondary N) is 1. The number of alkyl halides is 3. The summed E-state index contributed by atoms with van der Waals surface area (Å²) in [6.07, 6.45) is 5.82. The highest BCUT2D eigenvalue weighted by Crippen LogP contribution is 2.58. The number of fused-ring (bicyclic) bond motifs is 3. The minimum Gasteiger partial charge on any atom is -0.472 e. The number of pyridine rings is 1. The molecule has 17 heteroatoms. The third-order valence-electron chi connectivity index (χ3n) is 14.0. The molecule has 13 nitrogen and oxygen atoms in total. The van der Waals surface area contributed by atoms with Gasteiger partial charge in [-0.3, -0.25) is 23.9 Å². The zero-order chi connectivity index (χ0) is 44.8. The van der Waals surface area contributed by atoms with Gasteiger partial charge in [0.05, 0.1) is 55.4 Å². The van der Waals surface area contributed by atoms with Crippen LogP contribution < -0.4 is 14.4 Å². The summed E-state index contributed by atoms with van der Waals surface area (Å²) in [7, 11) is -4.40. The Kier molecular flexibility index (Phi) is 12.8. The number of hydrogen-bond acceptors (Lipinski definition) is 11. The van der Waals surface area contributed by atoms with Crippen LogP contribution in [-0.2, 0) is 38.7 Å². The smallest absolute Gasteiger partial charge is 0.307 e. The van der Waals surface area contributed by atoms with Gasteiger partial charge >= 0.3 is 5.97 Å². The number of amides is 2. The second-order valence-electron chi connectivity index (χ2n) is 18.9. The van der Waals surface area contributed by atoms with Gasteiger partial charge in [-0.25, -0.2) is 26.6 Å². The van der Waals surface area contributed by atoms with E-state index < -0.39 is 105 Å². The molecule has 2 saturated heterocycles. The van der Waals surface area contributed by atoms with Gasteiger partial charge in [0.2, 0.25) is 27.7 Å². The van der Waals surface area contributed by atoms with Crippen LogP contribution in [0.3, 0.4) is 0 Å². The summed E-state index contributed by atoms with van der Waals surface area (Å²) in [4.78, 5) is 65.6. The minimum atomic E-state index is -4.40. The fourth-order valence-corrected chi connectivity index (χ4v) is 10.7. The molecule has 5 aliphatic rings. The monoisotopic (exact) mass is 888 g/mol. The van der Waals surface area contributed by atoms with Crippen LogP contribution >= 0.6 is 0 Å². The Bertz CT molecular complexity index is 2190. The second kappa shape index (κ2) is 17.4. The molecule has 340 valence electrons. The minimum absolute atomic E-state index is 0.00962. The molecule has 7 rings (SSSR count). The van der Waals surface area contributed by atoms with Crippen molar-refractivity contribution >= 4 is 50.1 Å². The van der Waals surface area contributed by atoms with E-state index in [9.17, 15) is 36.0 Å². The summed E-state index contributed by atoms with van der Waals surface area (Å²) >= 11 is 0. The third kappa shape index (κ3) is 9.20. The number of allylic oxidation sites excluding steroid dienone is 2. The fraction of sp³-hybridized carbons (Fsp3) is 0.667. The van der Waals surface area contributed by atoms with Crippen LogP contribution in [0.25, 0.3) is 10.8 Å². The SMILES string of the molecule is C[C@H]1CC/C=C\[C@@H]2C[C@@]2(C(=O)NS(=O)(=O)C2(CF)CC2)CC(=O)[C@@H]2C[C@@H](Oc3ncc(N4CCOCC4)c4ccccc34)CN2C(=O)[C@@H](CC(=O)OC(C)(C)C(C)(F)F)[C@H](C)C1. The Balaban J connectivity index is 1.23. The van der Waals surface area contributed by atoms with E-state index in [1.165, 1.54) is 4.90 Å². The molecule has 0 bridgehead atoms. The molecule has 1 N–H and O–H groups in total. The lowest BCUT2D eigenvalue weighted by atomic mass is 9.82. The third-order valence-corrected chi connectivity index (χ3v) is 16.1. The first-order chi connectivity index (χ1) is 29.2. The number of benzene rings is 1. The van der Waals surface area contributed by atoms with Crippen LogP contribution in [0.1, 0.15) is 92.4 Å². The summed E-state index contributed by atoms with van der Waals surface area (Å²) in [6.45, 7) is 7.96. The van der Waals surface area contributed by atoms with Crippen molar-refractivity contribution in [3.63, 3.8) is 0 Å². The van der Waals surface area contributed by atoms with E-state index in [0.717, 1.165) is 24.9 Å². The number of carbonyl (C=O) groups excluding carboxylic acids is 4. The molecular formula is C45H59F3N4O9S. The molecule has 62 heavy (non-hydrogen) atoms. The van der Waals surface area contributed by atoms with Gasteiger partial charge in [-0.05, 0) is 76.2 Å². The second-order valence-corrected chi connectivity index (χ2v) is 21.0. The van der Waals surface area contributed by atoms with E-state index >= 15 is 4.79 Å². The Hall–Kier alpha value is -4.25. The maximum atomic E-state index is 15.0. The van der Waals surface area contributed by atoms with Gasteiger partial charge in [-0.1, -0.05) is 44.2 Å². The van der Waals surface area contributed by atoms with Crippen LogP contribution in [-0.4, -0.2) is 110 Å². The maximum Gasteiger partial charge on any atom is 0.307 e. The number of halogens is 3. The number of sulfonamides is 1. The van der Waals surface area contributed by atoms with Gasteiger partial charge in [0, 0.05) is 43.6 Å². The number of hydrogen-bond donors (Lipinski definition) is 1. The molecule has 2 aliphatic carbocycles. The van der Waals surface area contributed by atoms with Gasteiger partial charge in [-0.2, -0.15) is 0 Å². The average molecular weight is 889 g/mol. The quantitative estimate of drug-likeness (QED) is 0.198. The van der Waals surface area contributed by atoms with Crippen molar-refractivity contribution < 1.29 is 55.0 Å². The van der Waals surface area contributed by atoms with Gasteiger partial charge in [0.25, 0.3) is 5.92 Å². The molecule has 2 aromatic rings. The van der Waals surface area contributed by atoms with Crippen LogP contribution in [0.4, 0.5) is 18.9 Å². The van der Waals surface area contributed by atoms with Gasteiger partial charge in [-0.15, -0.1) is 0 Å². The van der Waals surface area contributed by atoms with Gasteiger partial charge in [0.15, 0.2) is 11.4 Å². The number of carbonyl (C=O) groups is 4. The molecule has 0 radical (unpaired) electrons. The normalized spacial score (nSPS) is 30.1. The number of Topliss-reactive ketones (excluding diaryl/α,β-unsaturated/α-hetero) is 1. The number of ketones is 1. The number of anilines is 1. The summed E-state index contributed by atoms with van der Waals surface area (Å²) in [6, 6.07) is 6.45. The molecule has 4 heterocycles. The molecular weight excluding hydrogens is 830 g/mol. The number of esters is 1. The van der Waals surface area contributed by atoms with Crippen LogP contribution in [0.2, 0.25) is 0 Å². The number of rotatable bonds is 11. The lowest BCUT2D eigenvalue weighted by molar-refractivity contribution is -0.197.